The van der Waals surface area contributed by atoms with E-state index in [0.717, 1.165) is 11.3 Å². The minimum Gasteiger partial charge on any atom is -0.496 e. The zero-order chi connectivity index (χ0) is 14.5. The molecule has 0 aliphatic carbocycles. The second kappa shape index (κ2) is 8.12. The molecule has 1 unspecified atom stereocenters. The Morgan fingerprint density at radius 1 is 1.40 bits per heavy atom. The van der Waals surface area contributed by atoms with Crippen molar-refractivity contribution in [3.63, 3.8) is 0 Å². The molecule has 0 saturated carbocycles. The number of hydrogen-bond donors (Lipinski definition) is 2. The van der Waals surface area contributed by atoms with Gasteiger partial charge in [0.1, 0.15) is 5.75 Å². The number of nitrogens with one attached hydrogen (secondary N) is 1. The van der Waals surface area contributed by atoms with Gasteiger partial charge in [0.05, 0.1) is 7.11 Å². The predicted molar refractivity (Wildman–Crippen MR) is 84.6 cm³/mol. The molecule has 1 atom stereocenters. The van der Waals surface area contributed by atoms with Gasteiger partial charge in [-0.05, 0) is 31.4 Å². The molecule has 20 heavy (non-hydrogen) atoms. The summed E-state index contributed by atoms with van der Waals surface area (Å²) in [5.41, 5.74) is 6.29. The fourth-order valence-electron chi connectivity index (χ4n) is 1.94. The molecule has 5 heteroatoms. The molecular formula is C15H25ClN2O2. The fourth-order valence-corrected chi connectivity index (χ4v) is 1.94. The summed E-state index contributed by atoms with van der Waals surface area (Å²) in [6.45, 7) is 6.27. The monoisotopic (exact) mass is 300 g/mol. The molecule has 0 radical (unpaired) electrons. The molecule has 1 aromatic carbocycles. The number of carbonyl (C=O) groups is 1. The first-order valence-electron chi connectivity index (χ1n) is 6.53. The first kappa shape index (κ1) is 18.7. The highest BCUT2D eigenvalue weighted by Crippen LogP contribution is 2.28. The predicted octanol–water partition coefficient (Wildman–Crippen LogP) is 2.46. The van der Waals surface area contributed by atoms with Crippen LogP contribution < -0.4 is 15.8 Å². The van der Waals surface area contributed by atoms with E-state index in [1.807, 2.05) is 45.0 Å². The van der Waals surface area contributed by atoms with Crippen LogP contribution in [0.1, 0.15) is 38.7 Å². The number of carbonyl (C=O) groups excluding carboxylic acids is 1. The van der Waals surface area contributed by atoms with Gasteiger partial charge in [-0.2, -0.15) is 0 Å². The highest BCUT2D eigenvalue weighted by molar-refractivity contribution is 5.85. The van der Waals surface area contributed by atoms with Gasteiger partial charge >= 0.3 is 0 Å². The van der Waals surface area contributed by atoms with Gasteiger partial charge in [0.25, 0.3) is 0 Å². The van der Waals surface area contributed by atoms with E-state index in [1.165, 1.54) is 0 Å². The van der Waals surface area contributed by atoms with Crippen LogP contribution in [0.4, 0.5) is 0 Å². The van der Waals surface area contributed by atoms with Gasteiger partial charge in [-0.15, -0.1) is 12.4 Å². The van der Waals surface area contributed by atoms with E-state index in [9.17, 15) is 4.79 Å². The standard InChI is InChI=1S/C15H24N2O2.ClH/c1-11(9-14(18)17-15(2,3)10-16)12-7-5-6-8-13(12)19-4;/h5-8,11H,9-10,16H2,1-4H3,(H,17,18);1H. The van der Waals surface area contributed by atoms with Crippen LogP contribution in [0, 0.1) is 0 Å². The average molecular weight is 301 g/mol. The number of nitrogens with two attached hydrogens (primary N) is 1. The number of halogens is 1. The Balaban J connectivity index is 0.00000361. The molecule has 0 aromatic heterocycles. The lowest BCUT2D eigenvalue weighted by Gasteiger charge is -2.25. The van der Waals surface area contributed by atoms with Gasteiger partial charge in [0.2, 0.25) is 5.91 Å². The third kappa shape index (κ3) is 5.39. The van der Waals surface area contributed by atoms with Crippen LogP contribution in [0.15, 0.2) is 24.3 Å². The Hall–Kier alpha value is -1.26. The average Bonchev–Trinajstić information content (AvgIpc) is 2.37. The zero-order valence-electron chi connectivity index (χ0n) is 12.6. The molecule has 0 aliphatic rings. The van der Waals surface area contributed by atoms with Crippen molar-refractivity contribution in [2.24, 2.45) is 5.73 Å². The van der Waals surface area contributed by atoms with E-state index in [0.29, 0.717) is 13.0 Å². The molecule has 0 bridgehead atoms. The van der Waals surface area contributed by atoms with Crippen molar-refractivity contribution in [1.29, 1.82) is 0 Å². The van der Waals surface area contributed by atoms with Crippen LogP contribution in [0.25, 0.3) is 0 Å². The molecule has 3 N–H and O–H groups in total. The molecule has 0 heterocycles. The largest absolute Gasteiger partial charge is 0.496 e. The Bertz CT molecular complexity index is 436. The number of methoxy groups -OCH3 is 1. The second-order valence-electron chi connectivity index (χ2n) is 5.48. The summed E-state index contributed by atoms with van der Waals surface area (Å²) in [7, 11) is 1.64. The van der Waals surface area contributed by atoms with E-state index >= 15 is 0 Å². The summed E-state index contributed by atoms with van der Waals surface area (Å²) in [5.74, 6) is 0.930. The van der Waals surface area contributed by atoms with Crippen LogP contribution in [0.3, 0.4) is 0 Å². The van der Waals surface area contributed by atoms with Crippen LogP contribution in [-0.2, 0) is 4.79 Å². The first-order chi connectivity index (χ1) is 8.89. The number of hydrogen-bond acceptors (Lipinski definition) is 3. The van der Waals surface area contributed by atoms with Gasteiger partial charge < -0.3 is 15.8 Å². The van der Waals surface area contributed by atoms with Crippen molar-refractivity contribution in [1.82, 2.24) is 5.32 Å². The topological polar surface area (TPSA) is 64.3 Å². The van der Waals surface area contributed by atoms with Crippen molar-refractivity contribution in [2.75, 3.05) is 13.7 Å². The summed E-state index contributed by atoms with van der Waals surface area (Å²) in [6, 6.07) is 7.78. The van der Waals surface area contributed by atoms with Gasteiger partial charge in [0, 0.05) is 18.5 Å². The summed E-state index contributed by atoms with van der Waals surface area (Å²) >= 11 is 0. The molecule has 0 fully saturated rings. The van der Waals surface area contributed by atoms with E-state index < -0.39 is 0 Å². The van der Waals surface area contributed by atoms with Crippen molar-refractivity contribution in [3.8, 4) is 5.75 Å². The van der Waals surface area contributed by atoms with Crippen molar-refractivity contribution < 1.29 is 9.53 Å². The van der Waals surface area contributed by atoms with Gasteiger partial charge in [0.15, 0.2) is 0 Å². The summed E-state index contributed by atoms with van der Waals surface area (Å²) in [6.07, 6.45) is 0.420. The number of para-hydroxylation sites is 1. The highest BCUT2D eigenvalue weighted by Gasteiger charge is 2.21. The van der Waals surface area contributed by atoms with Crippen LogP contribution in [0.5, 0.6) is 5.75 Å². The maximum Gasteiger partial charge on any atom is 0.221 e. The van der Waals surface area contributed by atoms with Gasteiger partial charge in [-0.3, -0.25) is 4.79 Å². The van der Waals surface area contributed by atoms with E-state index in [4.69, 9.17) is 10.5 Å². The van der Waals surface area contributed by atoms with Gasteiger partial charge in [-0.25, -0.2) is 0 Å². The summed E-state index contributed by atoms with van der Waals surface area (Å²) in [5, 5.41) is 2.94. The van der Waals surface area contributed by atoms with E-state index in [-0.39, 0.29) is 29.8 Å². The number of ether oxygens (including phenoxy) is 1. The second-order valence-corrected chi connectivity index (χ2v) is 5.48. The number of benzene rings is 1. The lowest BCUT2D eigenvalue weighted by Crippen LogP contribution is -2.49. The Kier molecular flexibility index (Phi) is 7.61. The van der Waals surface area contributed by atoms with Crippen molar-refractivity contribution in [3.05, 3.63) is 29.8 Å². The normalized spacial score (nSPS) is 12.2. The van der Waals surface area contributed by atoms with Crippen LogP contribution >= 0.6 is 12.4 Å². The quantitative estimate of drug-likeness (QED) is 0.848. The molecule has 114 valence electrons. The third-order valence-electron chi connectivity index (χ3n) is 3.15. The molecule has 4 nitrogen and oxygen atoms in total. The number of rotatable bonds is 6. The Morgan fingerprint density at radius 2 is 2.00 bits per heavy atom. The summed E-state index contributed by atoms with van der Waals surface area (Å²) in [4.78, 5) is 12.0. The van der Waals surface area contributed by atoms with Crippen molar-refractivity contribution in [2.45, 2.75) is 38.6 Å². The van der Waals surface area contributed by atoms with Gasteiger partial charge in [-0.1, -0.05) is 25.1 Å². The smallest absolute Gasteiger partial charge is 0.221 e. The molecule has 0 aliphatic heterocycles. The molecular weight excluding hydrogens is 276 g/mol. The molecule has 0 spiro atoms. The lowest BCUT2D eigenvalue weighted by atomic mass is 9.95. The summed E-state index contributed by atoms with van der Waals surface area (Å²) < 4.78 is 5.32. The maximum atomic E-state index is 12.0. The minimum atomic E-state index is -0.364. The Morgan fingerprint density at radius 3 is 2.55 bits per heavy atom. The lowest BCUT2D eigenvalue weighted by molar-refractivity contribution is -0.122. The van der Waals surface area contributed by atoms with Crippen LogP contribution in [-0.4, -0.2) is 25.1 Å². The van der Waals surface area contributed by atoms with Crippen LogP contribution in [0.2, 0.25) is 0 Å². The number of amides is 1. The molecule has 0 saturated heterocycles. The Labute approximate surface area is 127 Å². The van der Waals surface area contributed by atoms with Crippen molar-refractivity contribution >= 4 is 18.3 Å². The maximum absolute atomic E-state index is 12.0. The van der Waals surface area contributed by atoms with E-state index in [2.05, 4.69) is 5.32 Å². The zero-order valence-corrected chi connectivity index (χ0v) is 13.4. The fraction of sp³-hybridized carbons (Fsp3) is 0.533. The third-order valence-corrected chi connectivity index (χ3v) is 3.15. The molecule has 1 aromatic rings. The van der Waals surface area contributed by atoms with E-state index in [1.54, 1.807) is 7.11 Å². The minimum absolute atomic E-state index is 0. The molecule has 1 amide bonds. The first-order valence-corrected chi connectivity index (χ1v) is 6.53. The highest BCUT2D eigenvalue weighted by atomic mass is 35.5. The SMILES string of the molecule is COc1ccccc1C(C)CC(=O)NC(C)(C)CN.Cl. The molecule has 1 rings (SSSR count).